The van der Waals surface area contributed by atoms with Gasteiger partial charge in [0.05, 0.1) is 23.1 Å². The number of carbonyl (C=O) groups is 1. The molecule has 0 saturated heterocycles. The minimum atomic E-state index is -0.972. The number of rotatable bonds is 7. The zero-order chi connectivity index (χ0) is 22.9. The van der Waals surface area contributed by atoms with Crippen LogP contribution in [0.15, 0.2) is 115 Å². The Bertz CT molecular complexity index is 1130. The van der Waals surface area contributed by atoms with Crippen LogP contribution in [0.2, 0.25) is 0 Å². The van der Waals surface area contributed by atoms with Gasteiger partial charge in [-0.2, -0.15) is 5.26 Å². The highest BCUT2D eigenvalue weighted by atomic mass is 16.2. The largest absolute Gasteiger partial charge is 0.337 e. The van der Waals surface area contributed by atoms with E-state index in [9.17, 15) is 10.1 Å². The molecule has 5 heteroatoms. The van der Waals surface area contributed by atoms with Crippen molar-refractivity contribution in [2.75, 3.05) is 11.4 Å². The molecule has 0 saturated carbocycles. The van der Waals surface area contributed by atoms with Crippen LogP contribution in [0.4, 0.5) is 16.2 Å². The smallest absolute Gasteiger partial charge is 0.326 e. The van der Waals surface area contributed by atoms with E-state index >= 15 is 0 Å². The average Bonchev–Trinajstić information content (AvgIpc) is 2.89. The molecule has 1 unspecified atom stereocenters. The lowest BCUT2D eigenvalue weighted by Crippen LogP contribution is -2.40. The van der Waals surface area contributed by atoms with Crippen LogP contribution in [0.1, 0.15) is 17.7 Å². The highest BCUT2D eigenvalue weighted by Gasteiger charge is 2.36. The second-order valence-corrected chi connectivity index (χ2v) is 7.59. The zero-order valence-corrected chi connectivity index (χ0v) is 18.1. The first-order valence-electron chi connectivity index (χ1n) is 10.8. The highest BCUT2D eigenvalue weighted by Crippen LogP contribution is 2.34. The predicted octanol–water partition coefficient (Wildman–Crippen LogP) is 5.83. The van der Waals surface area contributed by atoms with Gasteiger partial charge in [0.1, 0.15) is 5.41 Å². The highest BCUT2D eigenvalue weighted by molar-refractivity contribution is 5.99. The third kappa shape index (κ3) is 4.76. The lowest BCUT2D eigenvalue weighted by molar-refractivity contribution is 0.248. The van der Waals surface area contributed by atoms with Crippen molar-refractivity contribution >= 4 is 17.4 Å². The number of para-hydroxylation sites is 2. The second-order valence-electron chi connectivity index (χ2n) is 7.59. The Morgan fingerprint density at radius 3 is 1.88 bits per heavy atom. The van der Waals surface area contributed by atoms with Crippen LogP contribution in [0.3, 0.4) is 0 Å². The van der Waals surface area contributed by atoms with Gasteiger partial charge >= 0.3 is 6.03 Å². The number of anilines is 2. The number of urea groups is 1. The van der Waals surface area contributed by atoms with Gasteiger partial charge < -0.3 is 5.32 Å². The van der Waals surface area contributed by atoms with Gasteiger partial charge in [0.2, 0.25) is 0 Å². The molecule has 0 bridgehead atoms. The van der Waals surface area contributed by atoms with Crippen molar-refractivity contribution < 1.29 is 4.79 Å². The number of hydrogen-bond donors (Lipinski definition) is 1. The summed E-state index contributed by atoms with van der Waals surface area (Å²) in [7, 11) is 0. The number of nitriles is 1. The van der Waals surface area contributed by atoms with Crippen LogP contribution < -0.4 is 10.2 Å². The van der Waals surface area contributed by atoms with Gasteiger partial charge in [0, 0.05) is 12.7 Å². The van der Waals surface area contributed by atoms with E-state index in [0.717, 1.165) is 16.9 Å². The summed E-state index contributed by atoms with van der Waals surface area (Å²) < 4.78 is 0. The Morgan fingerprint density at radius 2 is 1.36 bits per heavy atom. The molecule has 1 N–H and O–H groups in total. The Kier molecular flexibility index (Phi) is 6.77. The standard InChI is InChI=1S/C28H24N4O/c29-22-28(23-12-4-1-5-13-23,26-18-10-11-20-30-26)19-21-31-27(33)32(24-14-6-2-7-15-24)25-16-8-3-9-17-25/h1-18,20H,19,21H2,(H,31,33). The number of hydrogen-bond acceptors (Lipinski definition) is 3. The first-order chi connectivity index (χ1) is 16.2. The minimum Gasteiger partial charge on any atom is -0.337 e. The molecule has 5 nitrogen and oxygen atoms in total. The van der Waals surface area contributed by atoms with Crippen molar-refractivity contribution in [3.05, 3.63) is 127 Å². The van der Waals surface area contributed by atoms with E-state index in [1.54, 1.807) is 11.1 Å². The van der Waals surface area contributed by atoms with Gasteiger partial charge in [0.25, 0.3) is 0 Å². The van der Waals surface area contributed by atoms with Crippen molar-refractivity contribution in [2.45, 2.75) is 11.8 Å². The van der Waals surface area contributed by atoms with E-state index in [2.05, 4.69) is 16.4 Å². The average molecular weight is 433 g/mol. The molecule has 0 spiro atoms. The molecule has 0 aliphatic rings. The maximum atomic E-state index is 13.3. The third-order valence-corrected chi connectivity index (χ3v) is 5.57. The van der Waals surface area contributed by atoms with Gasteiger partial charge in [-0.3, -0.25) is 9.88 Å². The summed E-state index contributed by atoms with van der Waals surface area (Å²) in [5.41, 5.74) is 2.07. The Morgan fingerprint density at radius 1 is 0.818 bits per heavy atom. The zero-order valence-electron chi connectivity index (χ0n) is 18.1. The molecular weight excluding hydrogens is 408 g/mol. The molecule has 4 aromatic rings. The SMILES string of the molecule is N#CC(CCNC(=O)N(c1ccccc1)c1ccccc1)(c1ccccc1)c1ccccn1. The maximum Gasteiger partial charge on any atom is 0.326 e. The number of carbonyl (C=O) groups excluding carboxylic acids is 1. The Balaban J connectivity index is 1.59. The van der Waals surface area contributed by atoms with E-state index in [-0.39, 0.29) is 6.03 Å². The van der Waals surface area contributed by atoms with Crippen LogP contribution in [0.5, 0.6) is 0 Å². The fourth-order valence-electron chi connectivity index (χ4n) is 3.91. The first kappa shape index (κ1) is 21.8. The predicted molar refractivity (Wildman–Crippen MR) is 130 cm³/mol. The number of benzene rings is 3. The van der Waals surface area contributed by atoms with Gasteiger partial charge in [-0.15, -0.1) is 0 Å². The first-order valence-corrected chi connectivity index (χ1v) is 10.8. The molecule has 4 rings (SSSR count). The van der Waals surface area contributed by atoms with Crippen LogP contribution in [0.25, 0.3) is 0 Å². The molecule has 162 valence electrons. The second kappa shape index (κ2) is 10.3. The van der Waals surface area contributed by atoms with E-state index < -0.39 is 5.41 Å². The van der Waals surface area contributed by atoms with E-state index in [1.165, 1.54) is 0 Å². The van der Waals surface area contributed by atoms with Gasteiger partial charge in [-0.1, -0.05) is 72.8 Å². The monoisotopic (exact) mass is 432 g/mol. The van der Waals surface area contributed by atoms with Crippen LogP contribution >= 0.6 is 0 Å². The Hall–Kier alpha value is -4.43. The topological polar surface area (TPSA) is 69.0 Å². The van der Waals surface area contributed by atoms with E-state index in [1.807, 2.05) is 109 Å². The molecule has 2 amide bonds. The molecule has 33 heavy (non-hydrogen) atoms. The molecular formula is C28H24N4O. The number of aromatic nitrogens is 1. The van der Waals surface area contributed by atoms with E-state index in [4.69, 9.17) is 0 Å². The number of amides is 2. The molecule has 1 aromatic heterocycles. The Labute approximate surface area is 194 Å². The van der Waals surface area contributed by atoms with E-state index in [0.29, 0.717) is 18.7 Å². The molecule has 3 aromatic carbocycles. The van der Waals surface area contributed by atoms with Crippen molar-refractivity contribution in [3.63, 3.8) is 0 Å². The summed E-state index contributed by atoms with van der Waals surface area (Å²) in [6.07, 6.45) is 2.07. The van der Waals surface area contributed by atoms with Gasteiger partial charge in [-0.05, 0) is 48.4 Å². The lowest BCUT2D eigenvalue weighted by atomic mass is 9.76. The molecule has 1 heterocycles. The fraction of sp³-hybridized carbons (Fsp3) is 0.107. The molecule has 0 radical (unpaired) electrons. The number of nitrogens with zero attached hydrogens (tertiary/aromatic N) is 3. The van der Waals surface area contributed by atoms with Crippen LogP contribution in [-0.4, -0.2) is 17.6 Å². The molecule has 0 aliphatic heterocycles. The van der Waals surface area contributed by atoms with Crippen LogP contribution in [-0.2, 0) is 5.41 Å². The summed E-state index contributed by atoms with van der Waals surface area (Å²) in [5, 5.41) is 13.3. The number of pyridine rings is 1. The van der Waals surface area contributed by atoms with Crippen molar-refractivity contribution in [3.8, 4) is 6.07 Å². The summed E-state index contributed by atoms with van der Waals surface area (Å²) in [5.74, 6) is 0. The summed E-state index contributed by atoms with van der Waals surface area (Å²) in [4.78, 5) is 19.4. The van der Waals surface area contributed by atoms with Crippen molar-refractivity contribution in [1.29, 1.82) is 5.26 Å². The van der Waals surface area contributed by atoms with Gasteiger partial charge in [0.15, 0.2) is 0 Å². The maximum absolute atomic E-state index is 13.3. The molecule has 0 fully saturated rings. The quantitative estimate of drug-likeness (QED) is 0.399. The fourth-order valence-corrected chi connectivity index (χ4v) is 3.91. The summed E-state index contributed by atoms with van der Waals surface area (Å²) >= 11 is 0. The summed E-state index contributed by atoms with van der Waals surface area (Å²) in [6, 6.07) is 36.4. The number of nitrogens with one attached hydrogen (secondary N) is 1. The molecule has 1 atom stereocenters. The van der Waals surface area contributed by atoms with Crippen molar-refractivity contribution in [1.82, 2.24) is 10.3 Å². The van der Waals surface area contributed by atoms with Gasteiger partial charge in [-0.25, -0.2) is 4.79 Å². The third-order valence-electron chi connectivity index (χ3n) is 5.57. The lowest BCUT2D eigenvalue weighted by Gasteiger charge is -2.28. The van der Waals surface area contributed by atoms with Crippen LogP contribution in [0, 0.1) is 11.3 Å². The minimum absolute atomic E-state index is 0.256. The molecule has 0 aliphatic carbocycles. The summed E-state index contributed by atoms with van der Waals surface area (Å²) in [6.45, 7) is 0.300. The normalized spacial score (nSPS) is 12.2. The van der Waals surface area contributed by atoms with Crippen molar-refractivity contribution in [2.24, 2.45) is 0 Å².